The van der Waals surface area contributed by atoms with E-state index in [-0.39, 0.29) is 17.6 Å². The van der Waals surface area contributed by atoms with Gasteiger partial charge in [-0.1, -0.05) is 37.3 Å². The Kier molecular flexibility index (Phi) is 4.93. The standard InChI is InChI=1S/C20H20N4O2/c1-13(2)19-18(22-23-24(19)17-7-5-4-6-8-17)20(26)21-16-11-9-15(10-12-16)14(3)25/h4-13H,1-3H3,(H,21,26). The molecule has 6 nitrogen and oxygen atoms in total. The van der Waals surface area contributed by atoms with Crippen LogP contribution in [-0.4, -0.2) is 26.7 Å². The molecule has 2 aromatic carbocycles. The van der Waals surface area contributed by atoms with Crippen molar-refractivity contribution in [3.63, 3.8) is 0 Å². The molecule has 1 heterocycles. The van der Waals surface area contributed by atoms with Crippen LogP contribution in [0.4, 0.5) is 5.69 Å². The Labute approximate surface area is 151 Å². The van der Waals surface area contributed by atoms with Crippen molar-refractivity contribution in [3.8, 4) is 5.69 Å². The number of para-hydroxylation sites is 1. The number of carbonyl (C=O) groups is 2. The molecule has 0 saturated heterocycles. The summed E-state index contributed by atoms with van der Waals surface area (Å²) in [6, 6.07) is 16.4. The molecule has 1 aromatic heterocycles. The van der Waals surface area contributed by atoms with E-state index in [2.05, 4.69) is 15.6 Å². The van der Waals surface area contributed by atoms with Gasteiger partial charge in [0.15, 0.2) is 11.5 Å². The monoisotopic (exact) mass is 348 g/mol. The summed E-state index contributed by atoms with van der Waals surface area (Å²) in [5.41, 5.74) is 3.09. The SMILES string of the molecule is CC(=O)c1ccc(NC(=O)c2nnn(-c3ccccc3)c2C(C)C)cc1. The van der Waals surface area contributed by atoms with E-state index in [0.717, 1.165) is 11.4 Å². The average molecular weight is 348 g/mol. The van der Waals surface area contributed by atoms with E-state index in [1.165, 1.54) is 6.92 Å². The van der Waals surface area contributed by atoms with Crippen molar-refractivity contribution in [2.75, 3.05) is 5.32 Å². The molecular weight excluding hydrogens is 328 g/mol. The van der Waals surface area contributed by atoms with Gasteiger partial charge >= 0.3 is 0 Å². The fraction of sp³-hybridized carbons (Fsp3) is 0.200. The number of nitrogens with zero attached hydrogens (tertiary/aromatic N) is 3. The minimum atomic E-state index is -0.327. The van der Waals surface area contributed by atoms with Gasteiger partial charge in [0.1, 0.15) is 0 Å². The number of rotatable bonds is 5. The van der Waals surface area contributed by atoms with Crippen molar-refractivity contribution in [3.05, 3.63) is 71.5 Å². The van der Waals surface area contributed by atoms with E-state index >= 15 is 0 Å². The molecule has 0 fully saturated rings. The molecule has 1 amide bonds. The van der Waals surface area contributed by atoms with Crippen LogP contribution in [0.25, 0.3) is 5.69 Å². The maximum Gasteiger partial charge on any atom is 0.278 e. The molecule has 6 heteroatoms. The molecule has 3 aromatic rings. The Morgan fingerprint density at radius 1 is 1.00 bits per heavy atom. The molecule has 0 aliphatic heterocycles. The summed E-state index contributed by atoms with van der Waals surface area (Å²) in [7, 11) is 0. The highest BCUT2D eigenvalue weighted by atomic mass is 16.2. The van der Waals surface area contributed by atoms with Gasteiger partial charge in [-0.05, 0) is 49.2 Å². The van der Waals surface area contributed by atoms with Crippen molar-refractivity contribution in [2.45, 2.75) is 26.7 Å². The summed E-state index contributed by atoms with van der Waals surface area (Å²) in [4.78, 5) is 24.1. The minimum absolute atomic E-state index is 0.0178. The normalized spacial score (nSPS) is 10.8. The first kappa shape index (κ1) is 17.5. The van der Waals surface area contributed by atoms with Gasteiger partial charge in [-0.15, -0.1) is 5.10 Å². The molecule has 0 aliphatic rings. The predicted octanol–water partition coefficient (Wildman–Crippen LogP) is 3.85. The number of benzene rings is 2. The summed E-state index contributed by atoms with van der Waals surface area (Å²) < 4.78 is 1.69. The highest BCUT2D eigenvalue weighted by Crippen LogP contribution is 2.22. The second-order valence-corrected chi connectivity index (χ2v) is 6.31. The number of amides is 1. The summed E-state index contributed by atoms with van der Waals surface area (Å²) >= 11 is 0. The Hall–Kier alpha value is -3.28. The van der Waals surface area contributed by atoms with E-state index in [9.17, 15) is 9.59 Å². The summed E-state index contributed by atoms with van der Waals surface area (Å²) in [5, 5.41) is 11.1. The van der Waals surface area contributed by atoms with Crippen LogP contribution in [0.15, 0.2) is 54.6 Å². The Morgan fingerprint density at radius 3 is 2.23 bits per heavy atom. The molecule has 132 valence electrons. The van der Waals surface area contributed by atoms with Crippen LogP contribution in [-0.2, 0) is 0 Å². The topological polar surface area (TPSA) is 76.9 Å². The third kappa shape index (κ3) is 3.54. The van der Waals surface area contributed by atoms with Gasteiger partial charge in [0, 0.05) is 11.3 Å². The second-order valence-electron chi connectivity index (χ2n) is 6.31. The Morgan fingerprint density at radius 2 is 1.65 bits per heavy atom. The highest BCUT2D eigenvalue weighted by Gasteiger charge is 2.23. The molecule has 1 N–H and O–H groups in total. The first-order chi connectivity index (χ1) is 12.5. The minimum Gasteiger partial charge on any atom is -0.321 e. The smallest absolute Gasteiger partial charge is 0.278 e. The number of nitrogens with one attached hydrogen (secondary N) is 1. The number of aromatic nitrogens is 3. The first-order valence-electron chi connectivity index (χ1n) is 8.40. The molecule has 0 unspecified atom stereocenters. The molecule has 0 spiro atoms. The van der Waals surface area contributed by atoms with Crippen molar-refractivity contribution in [1.82, 2.24) is 15.0 Å². The van der Waals surface area contributed by atoms with Crippen molar-refractivity contribution in [2.24, 2.45) is 0 Å². The zero-order chi connectivity index (χ0) is 18.7. The van der Waals surface area contributed by atoms with Crippen molar-refractivity contribution in [1.29, 1.82) is 0 Å². The number of Topliss-reactive ketones (excluding diaryl/α,β-unsaturated/α-hetero) is 1. The van der Waals surface area contributed by atoms with Crippen LogP contribution in [0.1, 0.15) is 53.2 Å². The number of anilines is 1. The van der Waals surface area contributed by atoms with Crippen LogP contribution in [0.5, 0.6) is 0 Å². The third-order valence-electron chi connectivity index (χ3n) is 4.02. The quantitative estimate of drug-likeness (QED) is 0.711. The number of carbonyl (C=O) groups excluding carboxylic acids is 2. The number of ketones is 1. The van der Waals surface area contributed by atoms with Crippen LogP contribution in [0, 0.1) is 0 Å². The van der Waals surface area contributed by atoms with Crippen molar-refractivity contribution >= 4 is 17.4 Å². The van der Waals surface area contributed by atoms with E-state index in [0.29, 0.717) is 16.9 Å². The lowest BCUT2D eigenvalue weighted by Gasteiger charge is -2.11. The molecule has 0 bridgehead atoms. The maximum atomic E-state index is 12.7. The fourth-order valence-electron chi connectivity index (χ4n) is 2.71. The van der Waals surface area contributed by atoms with Crippen LogP contribution in [0.2, 0.25) is 0 Å². The average Bonchev–Trinajstić information content (AvgIpc) is 3.08. The maximum absolute atomic E-state index is 12.7. The summed E-state index contributed by atoms with van der Waals surface area (Å²) in [5.74, 6) is -0.284. The van der Waals surface area contributed by atoms with Gasteiger partial charge in [0.05, 0.1) is 11.4 Å². The lowest BCUT2D eigenvalue weighted by Crippen LogP contribution is -2.16. The molecule has 0 atom stereocenters. The lowest BCUT2D eigenvalue weighted by molar-refractivity contribution is 0.101. The van der Waals surface area contributed by atoms with Gasteiger partial charge in [0.25, 0.3) is 5.91 Å². The Bertz CT molecular complexity index is 928. The zero-order valence-corrected chi connectivity index (χ0v) is 14.9. The molecule has 26 heavy (non-hydrogen) atoms. The predicted molar refractivity (Wildman–Crippen MR) is 99.8 cm³/mol. The molecule has 0 aliphatic carbocycles. The Balaban J connectivity index is 1.90. The van der Waals surface area contributed by atoms with Gasteiger partial charge in [-0.2, -0.15) is 0 Å². The molecule has 3 rings (SSSR count). The highest BCUT2D eigenvalue weighted by molar-refractivity contribution is 6.04. The van der Waals surface area contributed by atoms with Crippen LogP contribution in [0.3, 0.4) is 0 Å². The lowest BCUT2D eigenvalue weighted by atomic mass is 10.1. The van der Waals surface area contributed by atoms with E-state index < -0.39 is 0 Å². The van der Waals surface area contributed by atoms with Gasteiger partial charge in [-0.3, -0.25) is 9.59 Å². The van der Waals surface area contributed by atoms with E-state index in [1.54, 1.807) is 28.9 Å². The summed E-state index contributed by atoms with van der Waals surface area (Å²) in [6.07, 6.45) is 0. The number of hydrogen-bond donors (Lipinski definition) is 1. The molecular formula is C20H20N4O2. The van der Waals surface area contributed by atoms with E-state index in [4.69, 9.17) is 0 Å². The molecule has 0 radical (unpaired) electrons. The largest absolute Gasteiger partial charge is 0.321 e. The van der Waals surface area contributed by atoms with Crippen LogP contribution < -0.4 is 5.32 Å². The van der Waals surface area contributed by atoms with Gasteiger partial charge < -0.3 is 5.32 Å². The zero-order valence-electron chi connectivity index (χ0n) is 14.9. The first-order valence-corrected chi connectivity index (χ1v) is 8.40. The molecule has 0 saturated carbocycles. The number of hydrogen-bond acceptors (Lipinski definition) is 4. The van der Waals surface area contributed by atoms with Gasteiger partial charge in [0.2, 0.25) is 0 Å². The van der Waals surface area contributed by atoms with E-state index in [1.807, 2.05) is 44.2 Å². The second kappa shape index (κ2) is 7.31. The van der Waals surface area contributed by atoms with Crippen molar-refractivity contribution < 1.29 is 9.59 Å². The third-order valence-corrected chi connectivity index (χ3v) is 4.02. The van der Waals surface area contributed by atoms with Gasteiger partial charge in [-0.25, -0.2) is 4.68 Å². The summed E-state index contributed by atoms with van der Waals surface area (Å²) in [6.45, 7) is 5.50. The fourth-order valence-corrected chi connectivity index (χ4v) is 2.71. The van der Waals surface area contributed by atoms with Crippen LogP contribution >= 0.6 is 0 Å².